The molecular formula is C16H24FN3O. The number of benzene rings is 1. The van der Waals surface area contributed by atoms with Gasteiger partial charge in [-0.15, -0.1) is 0 Å². The molecule has 0 aromatic heterocycles. The summed E-state index contributed by atoms with van der Waals surface area (Å²) >= 11 is 0. The maximum Gasteiger partial charge on any atom is 0.220 e. The number of nitrogens with one attached hydrogen (secondary N) is 1. The quantitative estimate of drug-likeness (QED) is 0.872. The Morgan fingerprint density at radius 1 is 1.52 bits per heavy atom. The van der Waals surface area contributed by atoms with Crippen LogP contribution in [0.3, 0.4) is 0 Å². The van der Waals surface area contributed by atoms with Gasteiger partial charge in [0, 0.05) is 31.2 Å². The number of carbonyl (C=O) groups is 1. The Morgan fingerprint density at radius 2 is 2.33 bits per heavy atom. The molecule has 4 nitrogen and oxygen atoms in total. The Balaban J connectivity index is 1.95. The summed E-state index contributed by atoms with van der Waals surface area (Å²) in [5, 5.41) is 3.07. The molecule has 1 aromatic carbocycles. The average Bonchev–Trinajstić information content (AvgIpc) is 2.45. The van der Waals surface area contributed by atoms with Gasteiger partial charge in [-0.25, -0.2) is 4.39 Å². The van der Waals surface area contributed by atoms with Crippen LogP contribution in [0.4, 0.5) is 10.1 Å². The van der Waals surface area contributed by atoms with Gasteiger partial charge in [0.25, 0.3) is 0 Å². The number of amides is 1. The van der Waals surface area contributed by atoms with Crippen molar-refractivity contribution in [2.45, 2.75) is 38.6 Å². The van der Waals surface area contributed by atoms with E-state index in [1.165, 1.54) is 6.07 Å². The van der Waals surface area contributed by atoms with Gasteiger partial charge in [0.15, 0.2) is 0 Å². The zero-order chi connectivity index (χ0) is 15.2. The first-order valence-corrected chi connectivity index (χ1v) is 7.60. The van der Waals surface area contributed by atoms with Gasteiger partial charge in [-0.3, -0.25) is 4.79 Å². The molecule has 1 unspecified atom stereocenters. The fraction of sp³-hybridized carbons (Fsp3) is 0.562. The summed E-state index contributed by atoms with van der Waals surface area (Å²) in [5.74, 6) is -0.136. The van der Waals surface area contributed by atoms with E-state index in [4.69, 9.17) is 5.73 Å². The maximum atomic E-state index is 13.2. The highest BCUT2D eigenvalue weighted by atomic mass is 19.1. The summed E-state index contributed by atoms with van der Waals surface area (Å²) in [6, 6.07) is 5.03. The molecule has 3 N–H and O–H groups in total. The lowest BCUT2D eigenvalue weighted by molar-refractivity contribution is -0.121. The van der Waals surface area contributed by atoms with E-state index >= 15 is 0 Å². The highest BCUT2D eigenvalue weighted by Crippen LogP contribution is 2.24. The summed E-state index contributed by atoms with van der Waals surface area (Å²) in [6.45, 7) is 4.18. The van der Waals surface area contributed by atoms with Crippen LogP contribution < -0.4 is 16.0 Å². The predicted molar refractivity (Wildman–Crippen MR) is 82.8 cm³/mol. The first-order valence-electron chi connectivity index (χ1n) is 7.60. The van der Waals surface area contributed by atoms with Crippen LogP contribution in [0.1, 0.15) is 31.2 Å². The van der Waals surface area contributed by atoms with E-state index in [1.54, 1.807) is 6.07 Å². The van der Waals surface area contributed by atoms with Crippen molar-refractivity contribution in [1.29, 1.82) is 0 Å². The summed E-state index contributed by atoms with van der Waals surface area (Å²) in [6.07, 6.45) is 3.23. The number of halogens is 1. The van der Waals surface area contributed by atoms with Gasteiger partial charge in [0.2, 0.25) is 5.91 Å². The van der Waals surface area contributed by atoms with Gasteiger partial charge >= 0.3 is 0 Å². The van der Waals surface area contributed by atoms with Crippen LogP contribution in [0.2, 0.25) is 0 Å². The van der Waals surface area contributed by atoms with Gasteiger partial charge in [0.1, 0.15) is 5.82 Å². The molecule has 21 heavy (non-hydrogen) atoms. The lowest BCUT2D eigenvalue weighted by atomic mass is 10.0. The summed E-state index contributed by atoms with van der Waals surface area (Å²) in [7, 11) is 0. The van der Waals surface area contributed by atoms with Gasteiger partial charge < -0.3 is 16.0 Å². The molecule has 1 fully saturated rings. The van der Waals surface area contributed by atoms with Crippen LogP contribution in [0.25, 0.3) is 0 Å². The van der Waals surface area contributed by atoms with Crippen molar-refractivity contribution in [2.75, 3.05) is 24.5 Å². The number of aryl methyl sites for hydroxylation is 1. The summed E-state index contributed by atoms with van der Waals surface area (Å²) in [4.78, 5) is 14.0. The van der Waals surface area contributed by atoms with Crippen molar-refractivity contribution < 1.29 is 9.18 Å². The standard InChI is InChI=1S/C16H24FN3O/c1-12-10-13(17)6-7-15(12)20-9-3-4-14(11-20)19-16(21)5-2-8-18/h6-7,10,14H,2-5,8-9,11,18H2,1H3,(H,19,21). The van der Waals surface area contributed by atoms with E-state index in [1.807, 2.05) is 13.0 Å². The molecule has 0 bridgehead atoms. The Morgan fingerprint density at radius 3 is 3.05 bits per heavy atom. The first-order chi connectivity index (χ1) is 10.1. The molecule has 1 aliphatic heterocycles. The Bertz CT molecular complexity index is 492. The molecule has 1 heterocycles. The maximum absolute atomic E-state index is 13.2. The van der Waals surface area contributed by atoms with Crippen LogP contribution in [0, 0.1) is 12.7 Å². The Hall–Kier alpha value is -1.62. The number of hydrogen-bond acceptors (Lipinski definition) is 3. The van der Waals surface area contributed by atoms with Crippen molar-refractivity contribution in [3.63, 3.8) is 0 Å². The van der Waals surface area contributed by atoms with Gasteiger partial charge in [0.05, 0.1) is 0 Å². The molecule has 1 amide bonds. The highest BCUT2D eigenvalue weighted by molar-refractivity contribution is 5.76. The predicted octanol–water partition coefficient (Wildman–Crippen LogP) is 1.96. The number of piperidine rings is 1. The number of nitrogens with two attached hydrogens (primary N) is 1. The minimum Gasteiger partial charge on any atom is -0.369 e. The fourth-order valence-electron chi connectivity index (χ4n) is 2.85. The third kappa shape index (κ3) is 4.43. The zero-order valence-corrected chi connectivity index (χ0v) is 12.6. The Kier molecular flexibility index (Phi) is 5.56. The summed E-state index contributed by atoms with van der Waals surface area (Å²) in [5.41, 5.74) is 7.41. The molecule has 1 atom stereocenters. The van der Waals surface area contributed by atoms with E-state index in [-0.39, 0.29) is 17.8 Å². The smallest absolute Gasteiger partial charge is 0.220 e. The third-order valence-corrected chi connectivity index (χ3v) is 3.89. The van der Waals surface area contributed by atoms with Crippen molar-refractivity contribution >= 4 is 11.6 Å². The molecule has 5 heteroatoms. The minimum absolute atomic E-state index is 0.0723. The first kappa shape index (κ1) is 15.8. The monoisotopic (exact) mass is 293 g/mol. The second-order valence-corrected chi connectivity index (χ2v) is 5.68. The van der Waals surface area contributed by atoms with E-state index in [0.29, 0.717) is 13.0 Å². The van der Waals surface area contributed by atoms with Crippen molar-refractivity contribution in [1.82, 2.24) is 5.32 Å². The Labute approximate surface area is 125 Å². The third-order valence-electron chi connectivity index (χ3n) is 3.89. The molecule has 1 saturated heterocycles. The normalized spacial score (nSPS) is 18.6. The highest BCUT2D eigenvalue weighted by Gasteiger charge is 2.22. The van der Waals surface area contributed by atoms with E-state index in [9.17, 15) is 9.18 Å². The number of rotatable bonds is 5. The van der Waals surface area contributed by atoms with Crippen molar-refractivity contribution in [3.8, 4) is 0 Å². The van der Waals surface area contributed by atoms with Crippen LogP contribution >= 0.6 is 0 Å². The van der Waals surface area contributed by atoms with Crippen molar-refractivity contribution in [3.05, 3.63) is 29.6 Å². The van der Waals surface area contributed by atoms with E-state index in [2.05, 4.69) is 10.2 Å². The summed E-state index contributed by atoms with van der Waals surface area (Å²) < 4.78 is 13.2. The van der Waals surface area contributed by atoms with E-state index < -0.39 is 0 Å². The lowest BCUT2D eigenvalue weighted by Crippen LogP contribution is -2.48. The van der Waals surface area contributed by atoms with Gasteiger partial charge in [-0.2, -0.15) is 0 Å². The molecular weight excluding hydrogens is 269 g/mol. The van der Waals surface area contributed by atoms with Gasteiger partial charge in [-0.1, -0.05) is 0 Å². The average molecular weight is 293 g/mol. The molecule has 0 radical (unpaired) electrons. The molecule has 2 rings (SSSR count). The second kappa shape index (κ2) is 7.41. The SMILES string of the molecule is Cc1cc(F)ccc1N1CCCC(NC(=O)CCCN)C1. The van der Waals surface area contributed by atoms with Crippen LogP contribution in [0.15, 0.2) is 18.2 Å². The number of hydrogen-bond donors (Lipinski definition) is 2. The topological polar surface area (TPSA) is 58.4 Å². The molecule has 1 aliphatic rings. The minimum atomic E-state index is -0.208. The fourth-order valence-corrected chi connectivity index (χ4v) is 2.85. The number of nitrogens with zero attached hydrogens (tertiary/aromatic N) is 1. The molecule has 0 saturated carbocycles. The molecule has 116 valence electrons. The zero-order valence-electron chi connectivity index (χ0n) is 12.6. The van der Waals surface area contributed by atoms with Crippen LogP contribution in [-0.2, 0) is 4.79 Å². The van der Waals surface area contributed by atoms with Crippen LogP contribution in [-0.4, -0.2) is 31.6 Å². The van der Waals surface area contributed by atoms with Crippen molar-refractivity contribution in [2.24, 2.45) is 5.73 Å². The lowest BCUT2D eigenvalue weighted by Gasteiger charge is -2.35. The number of anilines is 1. The molecule has 0 spiro atoms. The molecule has 1 aromatic rings. The number of carbonyl (C=O) groups excluding carboxylic acids is 1. The van der Waals surface area contributed by atoms with Crippen LogP contribution in [0.5, 0.6) is 0 Å². The largest absolute Gasteiger partial charge is 0.369 e. The molecule has 0 aliphatic carbocycles. The second-order valence-electron chi connectivity index (χ2n) is 5.68. The van der Waals surface area contributed by atoms with E-state index in [0.717, 1.165) is 43.6 Å². The van der Waals surface area contributed by atoms with Gasteiger partial charge in [-0.05, 0) is 56.5 Å².